The van der Waals surface area contributed by atoms with Crippen LogP contribution in [0.15, 0.2) is 60.7 Å². The van der Waals surface area contributed by atoms with E-state index in [0.29, 0.717) is 0 Å². The summed E-state index contributed by atoms with van der Waals surface area (Å²) in [6.07, 6.45) is 0.167. The Balaban J connectivity index is 2.06. The molecule has 2 aromatic carbocycles. The third-order valence-corrected chi connectivity index (χ3v) is 10.4. The third kappa shape index (κ3) is 5.51. The summed E-state index contributed by atoms with van der Waals surface area (Å²) in [5, 5.41) is 0.226. The molecule has 0 N–H and O–H groups in total. The molecule has 1 atom stereocenters. The fourth-order valence-corrected chi connectivity index (χ4v) is 4.68. The van der Waals surface area contributed by atoms with Crippen molar-refractivity contribution in [2.75, 3.05) is 5.75 Å². The summed E-state index contributed by atoms with van der Waals surface area (Å²) in [6.45, 7) is 11.6. The monoisotopic (exact) mass is 358 g/mol. The molecular formula is C21H30OSSi. The molecule has 3 heteroatoms. The van der Waals surface area contributed by atoms with Gasteiger partial charge in [0.15, 0.2) is 8.32 Å². The maximum Gasteiger partial charge on any atom is 0.192 e. The van der Waals surface area contributed by atoms with Crippen LogP contribution in [0.5, 0.6) is 0 Å². The van der Waals surface area contributed by atoms with Crippen LogP contribution in [-0.2, 0) is 10.2 Å². The zero-order valence-electron chi connectivity index (χ0n) is 15.6. The number of rotatable bonds is 7. The maximum atomic E-state index is 6.74. The fraction of sp³-hybridized carbons (Fsp3) is 0.429. The van der Waals surface area contributed by atoms with Crippen molar-refractivity contribution in [1.29, 1.82) is 0 Å². The molecule has 0 aliphatic heterocycles. The SMILES string of the molecule is CC(C)(C)[Si](C)(C)OC(CSCc1ccccc1)c1ccccc1. The standard InChI is InChI=1S/C21H30OSSi/c1-21(2,3)24(4,5)22-20(19-14-10-7-11-15-19)17-23-16-18-12-8-6-9-13-18/h6-15,20H,16-17H2,1-5H3. The summed E-state index contributed by atoms with van der Waals surface area (Å²) in [4.78, 5) is 0. The second kappa shape index (κ2) is 8.37. The van der Waals surface area contributed by atoms with Gasteiger partial charge in [-0.3, -0.25) is 0 Å². The predicted octanol–water partition coefficient (Wildman–Crippen LogP) is 6.68. The molecular weight excluding hydrogens is 328 g/mol. The molecule has 1 unspecified atom stereocenters. The van der Waals surface area contributed by atoms with Gasteiger partial charge in [0, 0.05) is 11.5 Å². The smallest absolute Gasteiger partial charge is 0.192 e. The first kappa shape index (κ1) is 19.3. The van der Waals surface area contributed by atoms with Crippen molar-refractivity contribution in [2.45, 2.75) is 50.8 Å². The summed E-state index contributed by atoms with van der Waals surface area (Å²) >= 11 is 1.96. The molecule has 0 saturated heterocycles. The van der Waals surface area contributed by atoms with E-state index in [1.54, 1.807) is 0 Å². The van der Waals surface area contributed by atoms with E-state index in [4.69, 9.17) is 4.43 Å². The molecule has 24 heavy (non-hydrogen) atoms. The maximum absolute atomic E-state index is 6.74. The molecule has 0 heterocycles. The van der Waals surface area contributed by atoms with E-state index in [9.17, 15) is 0 Å². The van der Waals surface area contributed by atoms with Crippen LogP contribution in [0.4, 0.5) is 0 Å². The van der Waals surface area contributed by atoms with Gasteiger partial charge in [0.1, 0.15) is 0 Å². The van der Waals surface area contributed by atoms with Crippen molar-refractivity contribution in [3.8, 4) is 0 Å². The van der Waals surface area contributed by atoms with Crippen LogP contribution in [0.3, 0.4) is 0 Å². The molecule has 2 aromatic rings. The van der Waals surface area contributed by atoms with Gasteiger partial charge in [0.2, 0.25) is 0 Å². The summed E-state index contributed by atoms with van der Waals surface area (Å²) < 4.78 is 6.74. The molecule has 0 aromatic heterocycles. The Morgan fingerprint density at radius 2 is 1.46 bits per heavy atom. The van der Waals surface area contributed by atoms with Crippen LogP contribution < -0.4 is 0 Å². The van der Waals surface area contributed by atoms with Crippen LogP contribution in [0.25, 0.3) is 0 Å². The van der Waals surface area contributed by atoms with Crippen molar-refractivity contribution in [3.05, 3.63) is 71.8 Å². The van der Waals surface area contributed by atoms with Gasteiger partial charge in [-0.1, -0.05) is 81.4 Å². The van der Waals surface area contributed by atoms with Crippen molar-refractivity contribution >= 4 is 20.1 Å². The van der Waals surface area contributed by atoms with Gasteiger partial charge in [-0.05, 0) is 29.3 Å². The lowest BCUT2D eigenvalue weighted by atomic mass is 10.1. The molecule has 0 saturated carbocycles. The summed E-state index contributed by atoms with van der Waals surface area (Å²) in [7, 11) is -1.79. The zero-order chi connectivity index (χ0) is 17.6. The number of thioether (sulfide) groups is 1. The van der Waals surface area contributed by atoms with Gasteiger partial charge >= 0.3 is 0 Å². The van der Waals surface area contributed by atoms with Crippen molar-refractivity contribution in [2.24, 2.45) is 0 Å². The minimum Gasteiger partial charge on any atom is -0.409 e. The van der Waals surface area contributed by atoms with E-state index in [1.165, 1.54) is 11.1 Å². The molecule has 1 nitrogen and oxygen atoms in total. The van der Waals surface area contributed by atoms with Gasteiger partial charge in [-0.25, -0.2) is 0 Å². The first-order valence-corrected chi connectivity index (χ1v) is 12.7. The van der Waals surface area contributed by atoms with E-state index in [2.05, 4.69) is 94.5 Å². The highest BCUT2D eigenvalue weighted by Gasteiger charge is 2.39. The molecule has 2 rings (SSSR count). The van der Waals surface area contributed by atoms with Crippen LogP contribution in [0.2, 0.25) is 18.1 Å². The Morgan fingerprint density at radius 1 is 0.917 bits per heavy atom. The minimum absolute atomic E-state index is 0.167. The predicted molar refractivity (Wildman–Crippen MR) is 110 cm³/mol. The lowest BCUT2D eigenvalue weighted by molar-refractivity contribution is 0.207. The topological polar surface area (TPSA) is 9.23 Å². The van der Waals surface area contributed by atoms with Gasteiger partial charge < -0.3 is 4.43 Å². The lowest BCUT2D eigenvalue weighted by Crippen LogP contribution is -2.42. The molecule has 0 aliphatic carbocycles. The Labute approximate surface area is 153 Å². The fourth-order valence-electron chi connectivity index (χ4n) is 2.26. The van der Waals surface area contributed by atoms with Crippen molar-refractivity contribution in [1.82, 2.24) is 0 Å². The normalized spacial score (nSPS) is 13.7. The molecule has 0 fully saturated rings. The highest BCUT2D eigenvalue weighted by molar-refractivity contribution is 7.98. The quantitative estimate of drug-likeness (QED) is 0.510. The first-order valence-electron chi connectivity index (χ1n) is 8.64. The zero-order valence-corrected chi connectivity index (χ0v) is 17.4. The van der Waals surface area contributed by atoms with Gasteiger partial charge in [0.05, 0.1) is 6.10 Å². The van der Waals surface area contributed by atoms with Gasteiger partial charge in [-0.2, -0.15) is 11.8 Å². The van der Waals surface area contributed by atoms with Crippen LogP contribution in [-0.4, -0.2) is 14.1 Å². The Bertz CT molecular complexity index is 605. The Kier molecular flexibility index (Phi) is 6.73. The van der Waals surface area contributed by atoms with Crippen molar-refractivity contribution < 1.29 is 4.43 Å². The van der Waals surface area contributed by atoms with Crippen molar-refractivity contribution in [3.63, 3.8) is 0 Å². The van der Waals surface area contributed by atoms with Crippen LogP contribution in [0.1, 0.15) is 38.0 Å². The third-order valence-electron chi connectivity index (χ3n) is 4.80. The van der Waals surface area contributed by atoms with Gasteiger partial charge in [0.25, 0.3) is 0 Å². The molecule has 0 aliphatic rings. The minimum atomic E-state index is -1.79. The number of hydrogen-bond acceptors (Lipinski definition) is 2. The highest BCUT2D eigenvalue weighted by atomic mass is 32.2. The molecule has 130 valence electrons. The van der Waals surface area contributed by atoms with Gasteiger partial charge in [-0.15, -0.1) is 0 Å². The molecule has 0 spiro atoms. The second-order valence-electron chi connectivity index (χ2n) is 7.78. The number of benzene rings is 2. The van der Waals surface area contributed by atoms with E-state index >= 15 is 0 Å². The first-order chi connectivity index (χ1) is 11.3. The number of hydrogen-bond donors (Lipinski definition) is 0. The molecule has 0 amide bonds. The summed E-state index contributed by atoms with van der Waals surface area (Å²) in [5.41, 5.74) is 2.67. The van der Waals surface area contributed by atoms with E-state index in [0.717, 1.165) is 11.5 Å². The molecule has 0 bridgehead atoms. The lowest BCUT2D eigenvalue weighted by Gasteiger charge is -2.39. The van der Waals surface area contributed by atoms with Crippen LogP contribution in [0, 0.1) is 0 Å². The second-order valence-corrected chi connectivity index (χ2v) is 13.6. The Hall–Kier alpha value is -1.03. The average Bonchev–Trinajstić information content (AvgIpc) is 2.54. The summed E-state index contributed by atoms with van der Waals surface area (Å²) in [5.74, 6) is 2.02. The summed E-state index contributed by atoms with van der Waals surface area (Å²) in [6, 6.07) is 21.4. The largest absolute Gasteiger partial charge is 0.409 e. The van der Waals surface area contributed by atoms with E-state index in [1.807, 2.05) is 11.8 Å². The average molecular weight is 359 g/mol. The van der Waals surface area contributed by atoms with E-state index < -0.39 is 8.32 Å². The Morgan fingerprint density at radius 3 is 2.00 bits per heavy atom. The van der Waals surface area contributed by atoms with Crippen LogP contribution >= 0.6 is 11.8 Å². The highest BCUT2D eigenvalue weighted by Crippen LogP contribution is 2.40. The molecule has 0 radical (unpaired) electrons. The van der Waals surface area contributed by atoms with E-state index in [-0.39, 0.29) is 11.1 Å².